The third-order valence-electron chi connectivity index (χ3n) is 3.36. The molecule has 0 atom stereocenters. The van der Waals surface area contributed by atoms with Crippen LogP contribution in [0.5, 0.6) is 0 Å². The van der Waals surface area contributed by atoms with E-state index in [4.69, 9.17) is 4.98 Å². The number of hydrogen-bond acceptors (Lipinski definition) is 2. The number of rotatable bonds is 1. The largest absolute Gasteiger partial charge is 0.252 e. The molecular formula is C15H17NS. The van der Waals surface area contributed by atoms with Gasteiger partial charge in [-0.15, -0.1) is 11.8 Å². The van der Waals surface area contributed by atoms with Crippen LogP contribution in [0.2, 0.25) is 0 Å². The lowest BCUT2D eigenvalue weighted by Gasteiger charge is -2.15. The fourth-order valence-corrected chi connectivity index (χ4v) is 3.32. The van der Waals surface area contributed by atoms with Gasteiger partial charge >= 0.3 is 0 Å². The zero-order valence-electron chi connectivity index (χ0n) is 10.4. The summed E-state index contributed by atoms with van der Waals surface area (Å²) in [5.41, 5.74) is 3.85. The molecule has 17 heavy (non-hydrogen) atoms. The molecule has 0 saturated carbocycles. The molecule has 0 spiro atoms. The summed E-state index contributed by atoms with van der Waals surface area (Å²) in [5.74, 6) is 1.82. The maximum atomic E-state index is 4.84. The van der Waals surface area contributed by atoms with Gasteiger partial charge in [0.1, 0.15) is 0 Å². The van der Waals surface area contributed by atoms with Crippen molar-refractivity contribution >= 4 is 22.7 Å². The van der Waals surface area contributed by atoms with E-state index in [2.05, 4.69) is 38.1 Å². The summed E-state index contributed by atoms with van der Waals surface area (Å²) in [6, 6.07) is 9.01. The topological polar surface area (TPSA) is 12.9 Å². The van der Waals surface area contributed by atoms with E-state index in [1.54, 1.807) is 0 Å². The Kier molecular flexibility index (Phi) is 2.83. The summed E-state index contributed by atoms with van der Waals surface area (Å²) < 4.78 is 0. The highest BCUT2D eigenvalue weighted by atomic mass is 32.2. The van der Waals surface area contributed by atoms with Crippen molar-refractivity contribution in [3.05, 3.63) is 35.5 Å². The predicted molar refractivity (Wildman–Crippen MR) is 74.9 cm³/mol. The highest BCUT2D eigenvalue weighted by molar-refractivity contribution is 7.99. The lowest BCUT2D eigenvalue weighted by atomic mass is 10.0. The van der Waals surface area contributed by atoms with Crippen molar-refractivity contribution in [3.63, 3.8) is 0 Å². The Morgan fingerprint density at radius 2 is 2.12 bits per heavy atom. The molecule has 0 bridgehead atoms. The van der Waals surface area contributed by atoms with E-state index in [0.717, 1.165) is 11.9 Å². The van der Waals surface area contributed by atoms with Gasteiger partial charge in [-0.1, -0.05) is 26.0 Å². The minimum absolute atomic E-state index is 0.576. The van der Waals surface area contributed by atoms with Crippen LogP contribution in [0.25, 0.3) is 10.9 Å². The molecule has 0 fully saturated rings. The molecule has 2 heteroatoms. The fourth-order valence-electron chi connectivity index (χ4n) is 2.29. The molecule has 1 nitrogen and oxygen atoms in total. The maximum Gasteiger partial charge on any atom is 0.0709 e. The van der Waals surface area contributed by atoms with E-state index < -0.39 is 0 Å². The molecule has 3 rings (SSSR count). The van der Waals surface area contributed by atoms with Crippen LogP contribution in [-0.4, -0.2) is 10.7 Å². The number of thioether (sulfide) groups is 1. The first-order valence-corrected chi connectivity index (χ1v) is 7.29. The van der Waals surface area contributed by atoms with E-state index in [9.17, 15) is 0 Å². The third-order valence-corrected chi connectivity index (χ3v) is 4.52. The number of aromatic nitrogens is 1. The molecule has 0 saturated heterocycles. The normalized spacial score (nSPS) is 15.2. The molecule has 1 aromatic heterocycles. The smallest absolute Gasteiger partial charge is 0.0709 e. The summed E-state index contributed by atoms with van der Waals surface area (Å²) in [7, 11) is 0. The molecule has 1 aliphatic rings. The molecule has 0 radical (unpaired) electrons. The Morgan fingerprint density at radius 1 is 1.24 bits per heavy atom. The van der Waals surface area contributed by atoms with Crippen LogP contribution < -0.4 is 0 Å². The van der Waals surface area contributed by atoms with E-state index in [0.29, 0.717) is 5.92 Å². The summed E-state index contributed by atoms with van der Waals surface area (Å²) in [6.07, 6.45) is 2.41. The highest BCUT2D eigenvalue weighted by Crippen LogP contribution is 2.32. The zero-order valence-corrected chi connectivity index (χ0v) is 11.2. The minimum Gasteiger partial charge on any atom is -0.252 e. The van der Waals surface area contributed by atoms with Crippen LogP contribution in [0.15, 0.2) is 29.2 Å². The zero-order chi connectivity index (χ0) is 11.8. The minimum atomic E-state index is 0.576. The van der Waals surface area contributed by atoms with Gasteiger partial charge in [0.2, 0.25) is 0 Å². The lowest BCUT2D eigenvalue weighted by Crippen LogP contribution is -2.02. The molecule has 0 amide bonds. The van der Waals surface area contributed by atoms with Crippen molar-refractivity contribution in [3.8, 4) is 0 Å². The van der Waals surface area contributed by atoms with Gasteiger partial charge in [-0.25, -0.2) is 0 Å². The van der Waals surface area contributed by atoms with E-state index in [1.807, 2.05) is 11.8 Å². The number of aryl methyl sites for hydroxylation is 1. The van der Waals surface area contributed by atoms with Crippen molar-refractivity contribution < 1.29 is 0 Å². The summed E-state index contributed by atoms with van der Waals surface area (Å²) >= 11 is 1.95. The molecule has 2 aromatic rings. The highest BCUT2D eigenvalue weighted by Gasteiger charge is 2.12. The van der Waals surface area contributed by atoms with E-state index in [1.165, 1.54) is 33.7 Å². The molecular weight excluding hydrogens is 226 g/mol. The second-order valence-corrected chi connectivity index (χ2v) is 6.13. The first-order valence-electron chi connectivity index (χ1n) is 6.30. The van der Waals surface area contributed by atoms with Crippen LogP contribution in [-0.2, 0) is 6.42 Å². The Bertz CT molecular complexity index is 560. The first-order chi connectivity index (χ1) is 8.24. The molecule has 0 N–H and O–H groups in total. The van der Waals surface area contributed by atoms with Crippen molar-refractivity contribution in [2.75, 3.05) is 5.75 Å². The van der Waals surface area contributed by atoms with Crippen molar-refractivity contribution in [1.29, 1.82) is 0 Å². The molecule has 88 valence electrons. The molecule has 2 heterocycles. The van der Waals surface area contributed by atoms with Gasteiger partial charge in [-0.05, 0) is 42.2 Å². The number of fused-ring (bicyclic) bond motifs is 2. The Balaban J connectivity index is 2.16. The van der Waals surface area contributed by atoms with Crippen molar-refractivity contribution in [2.24, 2.45) is 0 Å². The second-order valence-electron chi connectivity index (χ2n) is 4.99. The summed E-state index contributed by atoms with van der Waals surface area (Å²) in [5, 5.41) is 1.28. The van der Waals surface area contributed by atoms with Crippen LogP contribution >= 0.6 is 11.8 Å². The standard InChI is InChI=1S/C15H17NS/c1-10(2)11-5-6-12-9-15-13(4-3-7-17-15)16-14(12)8-11/h5-6,8-10H,3-4,7H2,1-2H3. The van der Waals surface area contributed by atoms with E-state index in [-0.39, 0.29) is 0 Å². The first kappa shape index (κ1) is 11.1. The average Bonchev–Trinajstić information content (AvgIpc) is 2.35. The van der Waals surface area contributed by atoms with Gasteiger partial charge in [-0.2, -0.15) is 0 Å². The van der Waals surface area contributed by atoms with Crippen molar-refractivity contribution in [2.45, 2.75) is 37.5 Å². The maximum absolute atomic E-state index is 4.84. The van der Waals surface area contributed by atoms with Crippen molar-refractivity contribution in [1.82, 2.24) is 4.98 Å². The number of nitrogens with zero attached hydrogens (tertiary/aromatic N) is 1. The molecule has 1 aromatic carbocycles. The quantitative estimate of drug-likeness (QED) is 0.736. The van der Waals surface area contributed by atoms with Crippen LogP contribution in [0, 0.1) is 0 Å². The van der Waals surface area contributed by atoms with Crippen LogP contribution in [0.4, 0.5) is 0 Å². The van der Waals surface area contributed by atoms with Gasteiger partial charge in [0, 0.05) is 10.3 Å². The number of benzene rings is 1. The lowest BCUT2D eigenvalue weighted by molar-refractivity contribution is 0.849. The van der Waals surface area contributed by atoms with Gasteiger partial charge in [0.15, 0.2) is 0 Å². The van der Waals surface area contributed by atoms with Crippen LogP contribution in [0.3, 0.4) is 0 Å². The Morgan fingerprint density at radius 3 is 2.94 bits per heavy atom. The number of pyridine rings is 1. The molecule has 0 unspecified atom stereocenters. The third kappa shape index (κ3) is 2.06. The predicted octanol–water partition coefficient (Wildman–Crippen LogP) is 4.40. The average molecular weight is 243 g/mol. The monoisotopic (exact) mass is 243 g/mol. The summed E-state index contributed by atoms with van der Waals surface area (Å²) in [6.45, 7) is 4.46. The fraction of sp³-hybridized carbons (Fsp3) is 0.400. The second kappa shape index (κ2) is 4.34. The Hall–Kier alpha value is -1.02. The molecule has 0 aliphatic carbocycles. The Labute approximate surface area is 107 Å². The van der Waals surface area contributed by atoms with Gasteiger partial charge < -0.3 is 0 Å². The number of hydrogen-bond donors (Lipinski definition) is 0. The summed E-state index contributed by atoms with van der Waals surface area (Å²) in [4.78, 5) is 6.23. The van der Waals surface area contributed by atoms with Gasteiger partial charge in [-0.3, -0.25) is 4.98 Å². The van der Waals surface area contributed by atoms with Crippen LogP contribution in [0.1, 0.15) is 37.4 Å². The van der Waals surface area contributed by atoms with E-state index >= 15 is 0 Å². The molecule has 1 aliphatic heterocycles. The SMILES string of the molecule is CC(C)c1ccc2cc3c(nc2c1)CCCS3. The van der Waals surface area contributed by atoms with Gasteiger partial charge in [0.05, 0.1) is 11.2 Å². The van der Waals surface area contributed by atoms with Gasteiger partial charge in [0.25, 0.3) is 0 Å².